The number of aliphatic carboxylic acids is 1. The average molecular weight is 278 g/mol. The van der Waals surface area contributed by atoms with Crippen molar-refractivity contribution >= 4 is 5.97 Å². The Balaban J connectivity index is 1.85. The molecule has 3 rings (SSSR count). The number of carboxylic acids is 1. The van der Waals surface area contributed by atoms with E-state index in [9.17, 15) is 9.90 Å². The topological polar surface area (TPSA) is 61.8 Å². The quantitative estimate of drug-likeness (QED) is 0.798. The molecular weight excluding hydrogens is 256 g/mol. The monoisotopic (exact) mass is 278 g/mol. The van der Waals surface area contributed by atoms with Crippen LogP contribution < -0.4 is 5.32 Å². The van der Waals surface area contributed by atoms with Gasteiger partial charge in [0.15, 0.2) is 0 Å². The van der Waals surface area contributed by atoms with E-state index in [1.54, 1.807) is 6.08 Å². The molecule has 0 radical (unpaired) electrons. The van der Waals surface area contributed by atoms with E-state index in [1.165, 1.54) is 0 Å². The van der Waals surface area contributed by atoms with E-state index in [4.69, 9.17) is 4.74 Å². The second-order valence-corrected chi connectivity index (χ2v) is 5.94. The van der Waals surface area contributed by atoms with Crippen molar-refractivity contribution in [2.75, 3.05) is 13.2 Å². The fourth-order valence-corrected chi connectivity index (χ4v) is 3.73. The Morgan fingerprint density at radius 2 is 2.10 bits per heavy atom. The molecule has 0 aromatic carbocycles. The molecule has 2 unspecified atom stereocenters. The maximum Gasteiger partial charge on any atom is 0.335 e. The summed E-state index contributed by atoms with van der Waals surface area (Å²) >= 11 is 0. The maximum atomic E-state index is 11.2. The fraction of sp³-hybridized carbons (Fsp3) is 0.667. The minimum absolute atomic E-state index is 0.210. The summed E-state index contributed by atoms with van der Waals surface area (Å²) in [4.78, 5) is 13.7. The van der Waals surface area contributed by atoms with Crippen molar-refractivity contribution in [3.05, 3.63) is 23.4 Å². The SMILES string of the molecule is CC1NC2=CC(C(=O)O)=C[C@@H](C)C2N1C1CCOCC1. The summed E-state index contributed by atoms with van der Waals surface area (Å²) in [6, 6.07) is 0.792. The van der Waals surface area contributed by atoms with E-state index in [1.807, 2.05) is 6.08 Å². The first-order valence-electron chi connectivity index (χ1n) is 7.36. The van der Waals surface area contributed by atoms with Crippen molar-refractivity contribution in [1.82, 2.24) is 10.2 Å². The van der Waals surface area contributed by atoms with Gasteiger partial charge in [0, 0.05) is 25.0 Å². The Kier molecular flexibility index (Phi) is 3.56. The molecule has 20 heavy (non-hydrogen) atoms. The third kappa shape index (κ3) is 2.25. The summed E-state index contributed by atoms with van der Waals surface area (Å²) in [5.74, 6) is -0.636. The predicted molar refractivity (Wildman–Crippen MR) is 75.0 cm³/mol. The summed E-state index contributed by atoms with van der Waals surface area (Å²) < 4.78 is 5.45. The Morgan fingerprint density at radius 3 is 2.75 bits per heavy atom. The van der Waals surface area contributed by atoms with Gasteiger partial charge in [-0.15, -0.1) is 0 Å². The lowest BCUT2D eigenvalue weighted by Gasteiger charge is -2.39. The lowest BCUT2D eigenvalue weighted by Crippen LogP contribution is -2.49. The second-order valence-electron chi connectivity index (χ2n) is 5.94. The van der Waals surface area contributed by atoms with Gasteiger partial charge in [0.2, 0.25) is 0 Å². The van der Waals surface area contributed by atoms with Crippen molar-refractivity contribution in [2.45, 2.75) is 44.9 Å². The third-order valence-corrected chi connectivity index (χ3v) is 4.57. The molecule has 0 aromatic rings. The van der Waals surface area contributed by atoms with Crippen LogP contribution in [0.25, 0.3) is 0 Å². The largest absolute Gasteiger partial charge is 0.478 e. The highest BCUT2D eigenvalue weighted by Crippen LogP contribution is 2.35. The van der Waals surface area contributed by atoms with Gasteiger partial charge in [-0.1, -0.05) is 13.0 Å². The van der Waals surface area contributed by atoms with Crippen LogP contribution >= 0.6 is 0 Å². The Hall–Kier alpha value is -1.33. The minimum atomic E-state index is -0.846. The molecular formula is C15H22N2O3. The maximum absolute atomic E-state index is 11.2. The number of ether oxygens (including phenoxy) is 1. The molecule has 2 saturated heterocycles. The summed E-state index contributed by atoms with van der Waals surface area (Å²) in [5, 5.41) is 12.6. The van der Waals surface area contributed by atoms with Crippen LogP contribution in [0.4, 0.5) is 0 Å². The minimum Gasteiger partial charge on any atom is -0.478 e. The van der Waals surface area contributed by atoms with Crippen molar-refractivity contribution < 1.29 is 14.6 Å². The molecule has 2 N–H and O–H groups in total. The van der Waals surface area contributed by atoms with Gasteiger partial charge in [-0.3, -0.25) is 4.90 Å². The van der Waals surface area contributed by atoms with Crippen LogP contribution in [0.1, 0.15) is 26.7 Å². The molecule has 0 bridgehead atoms. The second kappa shape index (κ2) is 5.22. The van der Waals surface area contributed by atoms with Gasteiger partial charge in [0.25, 0.3) is 0 Å². The smallest absolute Gasteiger partial charge is 0.335 e. The zero-order valence-corrected chi connectivity index (χ0v) is 12.0. The molecule has 0 amide bonds. The Bertz CT molecular complexity index is 466. The number of nitrogens with zero attached hydrogens (tertiary/aromatic N) is 1. The van der Waals surface area contributed by atoms with Gasteiger partial charge in [-0.25, -0.2) is 4.79 Å². The molecule has 5 nitrogen and oxygen atoms in total. The van der Waals surface area contributed by atoms with E-state index < -0.39 is 5.97 Å². The van der Waals surface area contributed by atoms with Crippen LogP contribution in [0.3, 0.4) is 0 Å². The first-order chi connectivity index (χ1) is 9.58. The lowest BCUT2D eigenvalue weighted by atomic mass is 9.88. The fourth-order valence-electron chi connectivity index (χ4n) is 3.73. The number of fused-ring (bicyclic) bond motifs is 1. The van der Waals surface area contributed by atoms with Crippen LogP contribution in [0, 0.1) is 5.92 Å². The highest BCUT2D eigenvalue weighted by molar-refractivity contribution is 5.90. The van der Waals surface area contributed by atoms with E-state index in [0.717, 1.165) is 31.8 Å². The molecule has 110 valence electrons. The predicted octanol–water partition coefficient (Wildman–Crippen LogP) is 1.33. The summed E-state index contributed by atoms with van der Waals surface area (Å²) in [6.07, 6.45) is 6.03. The van der Waals surface area contributed by atoms with Crippen LogP contribution in [0.15, 0.2) is 23.4 Å². The van der Waals surface area contributed by atoms with Crippen LogP contribution in [0.5, 0.6) is 0 Å². The van der Waals surface area contributed by atoms with E-state index in [-0.39, 0.29) is 18.1 Å². The van der Waals surface area contributed by atoms with Gasteiger partial charge in [0.1, 0.15) is 0 Å². The van der Waals surface area contributed by atoms with E-state index in [2.05, 4.69) is 24.1 Å². The molecule has 0 spiro atoms. The van der Waals surface area contributed by atoms with Crippen LogP contribution in [-0.2, 0) is 9.53 Å². The van der Waals surface area contributed by atoms with Crippen molar-refractivity contribution in [3.63, 3.8) is 0 Å². The number of carbonyl (C=O) groups is 1. The molecule has 1 aliphatic carbocycles. The molecule has 5 heteroatoms. The van der Waals surface area contributed by atoms with Crippen LogP contribution in [0.2, 0.25) is 0 Å². The summed E-state index contributed by atoms with van der Waals surface area (Å²) in [7, 11) is 0. The molecule has 2 heterocycles. The molecule has 2 aliphatic heterocycles. The van der Waals surface area contributed by atoms with Crippen molar-refractivity contribution in [1.29, 1.82) is 0 Å². The molecule has 0 saturated carbocycles. The standard InChI is InChI=1S/C15H22N2O3/c1-9-7-11(15(18)19)8-13-14(9)17(10(2)16-13)12-3-5-20-6-4-12/h7-10,12,14,16H,3-6H2,1-2H3,(H,18,19)/t9-,10?,14?/m1/s1. The van der Waals surface area contributed by atoms with Gasteiger partial charge in [-0.2, -0.15) is 0 Å². The summed E-state index contributed by atoms with van der Waals surface area (Å²) in [6.45, 7) is 5.91. The van der Waals surface area contributed by atoms with Gasteiger partial charge in [0.05, 0.1) is 17.8 Å². The number of nitrogens with one attached hydrogen (secondary N) is 1. The first kappa shape index (κ1) is 13.6. The number of carboxylic acid groups (broad SMARTS) is 1. The number of hydrogen-bond donors (Lipinski definition) is 2. The number of hydrogen-bond acceptors (Lipinski definition) is 4. The molecule has 2 fully saturated rings. The highest BCUT2D eigenvalue weighted by atomic mass is 16.5. The van der Waals surface area contributed by atoms with Crippen molar-refractivity contribution in [2.24, 2.45) is 5.92 Å². The van der Waals surface area contributed by atoms with E-state index in [0.29, 0.717) is 11.6 Å². The van der Waals surface area contributed by atoms with Gasteiger partial charge in [-0.05, 0) is 31.8 Å². The normalized spacial score (nSPS) is 35.0. The van der Waals surface area contributed by atoms with E-state index >= 15 is 0 Å². The lowest BCUT2D eigenvalue weighted by molar-refractivity contribution is -0.132. The Labute approximate surface area is 119 Å². The molecule has 3 atom stereocenters. The third-order valence-electron chi connectivity index (χ3n) is 4.57. The van der Waals surface area contributed by atoms with Crippen molar-refractivity contribution in [3.8, 4) is 0 Å². The number of rotatable bonds is 2. The van der Waals surface area contributed by atoms with Crippen LogP contribution in [-0.4, -0.2) is 47.4 Å². The zero-order chi connectivity index (χ0) is 14.3. The Morgan fingerprint density at radius 1 is 1.40 bits per heavy atom. The molecule has 0 aromatic heterocycles. The zero-order valence-electron chi connectivity index (χ0n) is 12.0. The average Bonchev–Trinajstić information content (AvgIpc) is 2.76. The van der Waals surface area contributed by atoms with Gasteiger partial charge < -0.3 is 15.2 Å². The summed E-state index contributed by atoms with van der Waals surface area (Å²) in [5.41, 5.74) is 1.45. The first-order valence-corrected chi connectivity index (χ1v) is 7.36. The highest BCUT2D eigenvalue weighted by Gasteiger charge is 2.43. The molecule has 3 aliphatic rings. The van der Waals surface area contributed by atoms with Gasteiger partial charge >= 0.3 is 5.97 Å².